The van der Waals surface area contributed by atoms with Crippen LogP contribution in [0.1, 0.15) is 0 Å². The molecule has 2 heterocycles. The summed E-state index contributed by atoms with van der Waals surface area (Å²) >= 11 is 0. The smallest absolute Gasteiger partial charge is 0.147 e. The Balaban J connectivity index is 1.48. The van der Waals surface area contributed by atoms with Gasteiger partial charge in [-0.05, 0) is 36.4 Å². The van der Waals surface area contributed by atoms with E-state index in [0.29, 0.717) is 11.3 Å². The third-order valence-corrected chi connectivity index (χ3v) is 4.54. The van der Waals surface area contributed by atoms with E-state index in [1.807, 2.05) is 6.07 Å². The van der Waals surface area contributed by atoms with Crippen LogP contribution in [0.25, 0.3) is 11.3 Å². The zero-order valence-electron chi connectivity index (χ0n) is 14.1. The van der Waals surface area contributed by atoms with Gasteiger partial charge in [-0.1, -0.05) is 12.1 Å². The molecular weight excluding hydrogens is 334 g/mol. The van der Waals surface area contributed by atoms with E-state index in [1.165, 1.54) is 24.3 Å². The van der Waals surface area contributed by atoms with Crippen LogP contribution in [0.3, 0.4) is 0 Å². The van der Waals surface area contributed by atoms with Gasteiger partial charge < -0.3 is 9.80 Å². The summed E-state index contributed by atoms with van der Waals surface area (Å²) in [4.78, 5) is 13.3. The highest BCUT2D eigenvalue weighted by molar-refractivity contribution is 5.60. The zero-order chi connectivity index (χ0) is 17.9. The molecule has 0 radical (unpaired) electrons. The molecule has 0 atom stereocenters. The van der Waals surface area contributed by atoms with Crippen molar-refractivity contribution in [2.75, 3.05) is 36.0 Å². The minimum Gasteiger partial charge on any atom is -0.368 e. The molecule has 3 aromatic rings. The van der Waals surface area contributed by atoms with Crippen molar-refractivity contribution in [3.63, 3.8) is 0 Å². The standard InChI is InChI=1S/C20H18F2N4/c21-16-4-6-18(7-5-16)25-8-10-26(11-9-25)20-14-23-13-19(24-20)15-2-1-3-17(22)12-15/h1-7,12-14H,8-11H2. The second-order valence-electron chi connectivity index (χ2n) is 6.22. The quantitative estimate of drug-likeness (QED) is 0.719. The number of hydrogen-bond acceptors (Lipinski definition) is 4. The number of hydrogen-bond donors (Lipinski definition) is 0. The van der Waals surface area contributed by atoms with Crippen LogP contribution >= 0.6 is 0 Å². The molecule has 0 spiro atoms. The molecule has 0 amide bonds. The number of halogens is 2. The van der Waals surface area contributed by atoms with Crippen molar-refractivity contribution in [3.8, 4) is 11.3 Å². The normalized spacial score (nSPS) is 14.5. The minimum atomic E-state index is -0.289. The average molecular weight is 352 g/mol. The second kappa shape index (κ2) is 7.07. The summed E-state index contributed by atoms with van der Waals surface area (Å²) in [5.74, 6) is 0.268. The van der Waals surface area contributed by atoms with Crippen molar-refractivity contribution in [1.29, 1.82) is 0 Å². The number of anilines is 2. The third-order valence-electron chi connectivity index (χ3n) is 4.54. The van der Waals surface area contributed by atoms with E-state index in [1.54, 1.807) is 30.6 Å². The van der Waals surface area contributed by atoms with E-state index in [4.69, 9.17) is 0 Å². The predicted molar refractivity (Wildman–Crippen MR) is 98.3 cm³/mol. The lowest BCUT2D eigenvalue weighted by Gasteiger charge is -2.36. The molecule has 0 N–H and O–H groups in total. The van der Waals surface area contributed by atoms with Gasteiger partial charge in [0.2, 0.25) is 0 Å². The molecule has 6 heteroatoms. The maximum atomic E-state index is 13.4. The summed E-state index contributed by atoms with van der Waals surface area (Å²) in [6.45, 7) is 3.21. The zero-order valence-corrected chi connectivity index (χ0v) is 14.1. The van der Waals surface area contributed by atoms with Crippen LogP contribution in [0.15, 0.2) is 60.9 Å². The fraction of sp³-hybridized carbons (Fsp3) is 0.200. The lowest BCUT2D eigenvalue weighted by molar-refractivity contribution is 0.624. The van der Waals surface area contributed by atoms with Crippen LogP contribution in [-0.4, -0.2) is 36.1 Å². The summed E-state index contributed by atoms with van der Waals surface area (Å²) in [6, 6.07) is 12.9. The maximum Gasteiger partial charge on any atom is 0.147 e. The van der Waals surface area contributed by atoms with Crippen molar-refractivity contribution in [2.24, 2.45) is 0 Å². The Labute approximate surface area is 150 Å². The third kappa shape index (κ3) is 3.49. The molecule has 1 fully saturated rings. The van der Waals surface area contributed by atoms with E-state index in [2.05, 4.69) is 19.8 Å². The molecule has 2 aromatic carbocycles. The largest absolute Gasteiger partial charge is 0.368 e. The van der Waals surface area contributed by atoms with E-state index in [0.717, 1.165) is 37.7 Å². The van der Waals surface area contributed by atoms with Crippen molar-refractivity contribution in [3.05, 3.63) is 72.6 Å². The highest BCUT2D eigenvalue weighted by Crippen LogP contribution is 2.22. The van der Waals surface area contributed by atoms with Gasteiger partial charge >= 0.3 is 0 Å². The predicted octanol–water partition coefficient (Wildman–Crippen LogP) is 3.75. The SMILES string of the molecule is Fc1ccc(N2CCN(c3cncc(-c4cccc(F)c4)n3)CC2)cc1. The van der Waals surface area contributed by atoms with Crippen LogP contribution in [-0.2, 0) is 0 Å². The summed E-state index contributed by atoms with van der Waals surface area (Å²) in [6.07, 6.45) is 3.38. The summed E-state index contributed by atoms with van der Waals surface area (Å²) in [7, 11) is 0. The van der Waals surface area contributed by atoms with Gasteiger partial charge in [-0.2, -0.15) is 0 Å². The fourth-order valence-corrected chi connectivity index (χ4v) is 3.14. The van der Waals surface area contributed by atoms with Gasteiger partial charge in [-0.25, -0.2) is 13.8 Å². The Morgan fingerprint density at radius 3 is 2.23 bits per heavy atom. The maximum absolute atomic E-state index is 13.4. The van der Waals surface area contributed by atoms with Gasteiger partial charge in [-0.15, -0.1) is 0 Å². The van der Waals surface area contributed by atoms with Gasteiger partial charge in [0.15, 0.2) is 0 Å². The Hall–Kier alpha value is -3.02. The fourth-order valence-electron chi connectivity index (χ4n) is 3.14. The van der Waals surface area contributed by atoms with Gasteiger partial charge in [0.25, 0.3) is 0 Å². The molecule has 0 bridgehead atoms. The molecule has 4 rings (SSSR count). The van der Waals surface area contributed by atoms with Crippen LogP contribution in [0.2, 0.25) is 0 Å². The Morgan fingerprint density at radius 1 is 0.769 bits per heavy atom. The molecule has 0 unspecified atom stereocenters. The van der Waals surface area contributed by atoms with Crippen molar-refractivity contribution in [1.82, 2.24) is 9.97 Å². The molecule has 1 aliphatic rings. The molecular formula is C20H18F2N4. The summed E-state index contributed by atoms with van der Waals surface area (Å²) < 4.78 is 26.5. The first-order chi connectivity index (χ1) is 12.7. The first-order valence-corrected chi connectivity index (χ1v) is 8.52. The van der Waals surface area contributed by atoms with Crippen molar-refractivity contribution >= 4 is 11.5 Å². The minimum absolute atomic E-state index is 0.225. The highest BCUT2D eigenvalue weighted by atomic mass is 19.1. The van der Waals surface area contributed by atoms with Crippen LogP contribution in [0.4, 0.5) is 20.3 Å². The Morgan fingerprint density at radius 2 is 1.50 bits per heavy atom. The number of rotatable bonds is 3. The summed E-state index contributed by atoms with van der Waals surface area (Å²) in [5.41, 5.74) is 2.39. The first-order valence-electron chi connectivity index (χ1n) is 8.52. The van der Waals surface area contributed by atoms with Gasteiger partial charge in [0.1, 0.15) is 17.5 Å². The second-order valence-corrected chi connectivity index (χ2v) is 6.22. The molecule has 0 aliphatic carbocycles. The van der Waals surface area contributed by atoms with Crippen LogP contribution in [0.5, 0.6) is 0 Å². The molecule has 0 saturated carbocycles. The van der Waals surface area contributed by atoms with E-state index >= 15 is 0 Å². The lowest BCUT2D eigenvalue weighted by atomic mass is 10.1. The van der Waals surface area contributed by atoms with Gasteiger partial charge in [-0.3, -0.25) is 4.98 Å². The molecule has 1 aromatic heterocycles. The van der Waals surface area contributed by atoms with Crippen molar-refractivity contribution in [2.45, 2.75) is 0 Å². The number of nitrogens with zero attached hydrogens (tertiary/aromatic N) is 4. The number of piperazine rings is 1. The monoisotopic (exact) mass is 352 g/mol. The average Bonchev–Trinajstić information content (AvgIpc) is 2.69. The van der Waals surface area contributed by atoms with Crippen molar-refractivity contribution < 1.29 is 8.78 Å². The molecule has 1 saturated heterocycles. The highest BCUT2D eigenvalue weighted by Gasteiger charge is 2.19. The van der Waals surface area contributed by atoms with E-state index in [-0.39, 0.29) is 11.6 Å². The van der Waals surface area contributed by atoms with E-state index in [9.17, 15) is 8.78 Å². The van der Waals surface area contributed by atoms with Gasteiger partial charge in [0.05, 0.1) is 18.1 Å². The van der Waals surface area contributed by atoms with Crippen LogP contribution in [0, 0.1) is 11.6 Å². The molecule has 1 aliphatic heterocycles. The Bertz CT molecular complexity index is 890. The van der Waals surface area contributed by atoms with Gasteiger partial charge in [0, 0.05) is 37.4 Å². The van der Waals surface area contributed by atoms with E-state index < -0.39 is 0 Å². The number of benzene rings is 2. The molecule has 4 nitrogen and oxygen atoms in total. The number of aromatic nitrogens is 2. The first kappa shape index (κ1) is 16.4. The Kier molecular flexibility index (Phi) is 4.48. The molecule has 132 valence electrons. The lowest BCUT2D eigenvalue weighted by Crippen LogP contribution is -2.46. The van der Waals surface area contributed by atoms with Crippen LogP contribution < -0.4 is 9.80 Å². The molecule has 26 heavy (non-hydrogen) atoms. The summed E-state index contributed by atoms with van der Waals surface area (Å²) in [5, 5.41) is 0. The topological polar surface area (TPSA) is 32.3 Å².